The average molecular weight is 322 g/mol. The van der Waals surface area contributed by atoms with E-state index in [0.717, 1.165) is 15.6 Å². The summed E-state index contributed by atoms with van der Waals surface area (Å²) in [4.78, 5) is 14.8. The quantitative estimate of drug-likeness (QED) is 0.450. The van der Waals surface area contributed by atoms with E-state index >= 15 is 0 Å². The van der Waals surface area contributed by atoms with E-state index in [1.807, 2.05) is 6.92 Å². The number of hydrogen-bond donors (Lipinski definition) is 5. The summed E-state index contributed by atoms with van der Waals surface area (Å²) in [5.41, 5.74) is 0.859. The summed E-state index contributed by atoms with van der Waals surface area (Å²) in [5.74, 6) is 0. The normalized spacial score (nSPS) is 22.6. The first-order valence-corrected chi connectivity index (χ1v) is 7.12. The van der Waals surface area contributed by atoms with Crippen LogP contribution in [-0.4, -0.2) is 55.8 Å². The van der Waals surface area contributed by atoms with Crippen molar-refractivity contribution in [3.05, 3.63) is 15.6 Å². The van der Waals surface area contributed by atoms with Gasteiger partial charge < -0.3 is 5.32 Å². The number of aryl methyl sites for hydroxylation is 1. The molecule has 0 bridgehead atoms. The van der Waals surface area contributed by atoms with E-state index in [4.69, 9.17) is 25.7 Å². The minimum atomic E-state index is -0.335. The highest BCUT2D eigenvalue weighted by Crippen LogP contribution is 2.30. The summed E-state index contributed by atoms with van der Waals surface area (Å²) in [6, 6.07) is -0.0134. The van der Waals surface area contributed by atoms with Gasteiger partial charge in [-0.25, -0.2) is 9.82 Å². The third-order valence-corrected chi connectivity index (χ3v) is 4.41. The zero-order chi connectivity index (χ0) is 15.4. The Morgan fingerprint density at radius 1 is 1.33 bits per heavy atom. The van der Waals surface area contributed by atoms with Gasteiger partial charge in [-0.2, -0.15) is 0 Å². The Hall–Kier alpha value is -0.730. The monoisotopic (exact) mass is 322 g/mol. The molecule has 2 atom stereocenters. The lowest BCUT2D eigenvalue weighted by atomic mass is 10.2. The highest BCUT2D eigenvalue weighted by Gasteiger charge is 2.30. The Morgan fingerprint density at radius 3 is 2.76 bits per heavy atom. The van der Waals surface area contributed by atoms with Crippen LogP contribution in [0, 0.1) is 6.92 Å². The van der Waals surface area contributed by atoms with Crippen molar-refractivity contribution >= 4 is 11.3 Å². The number of nitrogens with one attached hydrogen (secondary N) is 1. The van der Waals surface area contributed by atoms with Gasteiger partial charge in [0.1, 0.15) is 5.01 Å². The summed E-state index contributed by atoms with van der Waals surface area (Å²) in [5, 5.41) is 37.7. The van der Waals surface area contributed by atoms with E-state index in [0.29, 0.717) is 19.4 Å². The fourth-order valence-corrected chi connectivity index (χ4v) is 3.29. The highest BCUT2D eigenvalue weighted by atomic mass is 32.1. The van der Waals surface area contributed by atoms with Crippen molar-refractivity contribution in [2.75, 3.05) is 13.2 Å². The molecule has 5 N–H and O–H groups in total. The van der Waals surface area contributed by atoms with Crippen LogP contribution in [0.25, 0.3) is 0 Å². The topological polar surface area (TPSA) is 131 Å². The smallest absolute Gasteiger partial charge is 0.110 e. The minimum Gasteiger partial charge on any atom is -0.305 e. The number of hydrogen-bond acceptors (Lipinski definition) is 11. The molecular formula is C10H18N4O6S. The molecule has 0 unspecified atom stereocenters. The lowest BCUT2D eigenvalue weighted by molar-refractivity contribution is -0.503. The van der Waals surface area contributed by atoms with Crippen LogP contribution in [0.4, 0.5) is 0 Å². The minimum absolute atomic E-state index is 0.0134. The van der Waals surface area contributed by atoms with Gasteiger partial charge >= 0.3 is 0 Å². The van der Waals surface area contributed by atoms with Crippen LogP contribution in [0.2, 0.25) is 0 Å². The molecule has 0 spiro atoms. The fourth-order valence-electron chi connectivity index (χ4n) is 2.16. The standard InChI is InChI=1S/C10H18N4O6S/c1-6-9(2-3-19-13(15)16)21-10(12-6)8-4-7(5-11-8)20-14(17)18/h7-8,11,15-18H,2-5H2,1H3/t7-,8+/m1/s1. The van der Waals surface area contributed by atoms with Crippen molar-refractivity contribution in [1.29, 1.82) is 0 Å². The molecular weight excluding hydrogens is 304 g/mol. The molecule has 1 saturated heterocycles. The van der Waals surface area contributed by atoms with Crippen molar-refractivity contribution in [3.63, 3.8) is 0 Å². The Labute approximate surface area is 124 Å². The molecule has 11 heteroatoms. The number of rotatable bonds is 7. The van der Waals surface area contributed by atoms with E-state index in [1.54, 1.807) is 0 Å². The van der Waals surface area contributed by atoms with Gasteiger partial charge in [-0.05, 0) is 13.3 Å². The van der Waals surface area contributed by atoms with Crippen LogP contribution in [0.5, 0.6) is 0 Å². The molecule has 21 heavy (non-hydrogen) atoms. The maximum absolute atomic E-state index is 8.63. The van der Waals surface area contributed by atoms with Gasteiger partial charge in [0, 0.05) is 17.8 Å². The summed E-state index contributed by atoms with van der Waals surface area (Å²) in [6.45, 7) is 2.49. The molecule has 1 fully saturated rings. The van der Waals surface area contributed by atoms with E-state index in [9.17, 15) is 0 Å². The molecule has 1 aliphatic heterocycles. The molecule has 1 aliphatic rings. The first kappa shape index (κ1) is 16.6. The first-order chi connectivity index (χ1) is 9.95. The van der Waals surface area contributed by atoms with Crippen LogP contribution in [-0.2, 0) is 16.1 Å². The summed E-state index contributed by atoms with van der Waals surface area (Å²) in [6.07, 6.45) is 0.745. The lowest BCUT2D eigenvalue weighted by Gasteiger charge is -2.11. The second-order valence-electron chi connectivity index (χ2n) is 4.57. The summed E-state index contributed by atoms with van der Waals surface area (Å²) >= 11 is 1.50. The van der Waals surface area contributed by atoms with Crippen LogP contribution in [0.1, 0.15) is 28.0 Å². The maximum Gasteiger partial charge on any atom is 0.110 e. The molecule has 1 aromatic rings. The molecule has 10 nitrogen and oxygen atoms in total. The predicted octanol–water partition coefficient (Wildman–Crippen LogP) is 0.421. The molecule has 2 heterocycles. The van der Waals surface area contributed by atoms with Crippen molar-refractivity contribution in [2.45, 2.75) is 31.9 Å². The van der Waals surface area contributed by atoms with Crippen LogP contribution in [0.3, 0.4) is 0 Å². The van der Waals surface area contributed by atoms with Crippen molar-refractivity contribution in [2.24, 2.45) is 0 Å². The van der Waals surface area contributed by atoms with Gasteiger partial charge in [-0.3, -0.25) is 25.7 Å². The van der Waals surface area contributed by atoms with E-state index in [2.05, 4.69) is 15.1 Å². The molecule has 0 aliphatic carbocycles. The summed E-state index contributed by atoms with van der Waals surface area (Å²) in [7, 11) is 0. The molecule has 120 valence electrons. The van der Waals surface area contributed by atoms with Crippen molar-refractivity contribution in [1.82, 2.24) is 21.1 Å². The third-order valence-electron chi connectivity index (χ3n) is 3.08. The van der Waals surface area contributed by atoms with E-state index < -0.39 is 0 Å². The SMILES string of the molecule is Cc1nc([C@@H]2C[C@@H](ON(O)O)CN2)sc1CCON(O)O. The molecule has 0 amide bonds. The van der Waals surface area contributed by atoms with Gasteiger partial charge in [-0.15, -0.1) is 11.3 Å². The number of aromatic nitrogens is 1. The van der Waals surface area contributed by atoms with Gasteiger partial charge in [0.05, 0.1) is 35.2 Å². The van der Waals surface area contributed by atoms with Crippen molar-refractivity contribution < 1.29 is 30.5 Å². The fraction of sp³-hybridized carbons (Fsp3) is 0.700. The lowest BCUT2D eigenvalue weighted by Crippen LogP contribution is -2.25. The Bertz CT molecular complexity index is 457. The zero-order valence-electron chi connectivity index (χ0n) is 11.3. The third kappa shape index (κ3) is 4.89. The van der Waals surface area contributed by atoms with Gasteiger partial charge in [0.2, 0.25) is 0 Å². The predicted molar refractivity (Wildman–Crippen MR) is 67.6 cm³/mol. The summed E-state index contributed by atoms with van der Waals surface area (Å²) < 4.78 is 0. The highest BCUT2D eigenvalue weighted by molar-refractivity contribution is 7.11. The van der Waals surface area contributed by atoms with Crippen LogP contribution in [0.15, 0.2) is 0 Å². The molecule has 0 radical (unpaired) electrons. The Kier molecular flexibility index (Phi) is 5.95. The molecule has 2 rings (SSSR count). The number of thiazole rings is 1. The van der Waals surface area contributed by atoms with Gasteiger partial charge in [-0.1, -0.05) is 0 Å². The van der Waals surface area contributed by atoms with Gasteiger partial charge in [0.15, 0.2) is 0 Å². The number of nitrogens with zero attached hydrogens (tertiary/aromatic N) is 3. The zero-order valence-corrected chi connectivity index (χ0v) is 12.2. The Balaban J connectivity index is 1.90. The Morgan fingerprint density at radius 2 is 2.10 bits per heavy atom. The first-order valence-electron chi connectivity index (χ1n) is 6.30. The van der Waals surface area contributed by atoms with E-state index in [-0.39, 0.29) is 29.5 Å². The maximum atomic E-state index is 8.63. The molecule has 1 aromatic heterocycles. The van der Waals surface area contributed by atoms with Gasteiger partial charge in [0.25, 0.3) is 0 Å². The molecule has 0 saturated carbocycles. The van der Waals surface area contributed by atoms with Crippen molar-refractivity contribution in [3.8, 4) is 0 Å². The second kappa shape index (κ2) is 7.51. The van der Waals surface area contributed by atoms with Crippen LogP contribution < -0.4 is 5.32 Å². The average Bonchev–Trinajstić information content (AvgIpc) is 2.96. The van der Waals surface area contributed by atoms with Crippen LogP contribution >= 0.6 is 11.3 Å². The largest absolute Gasteiger partial charge is 0.305 e. The molecule has 0 aromatic carbocycles. The second-order valence-corrected chi connectivity index (χ2v) is 5.69. The van der Waals surface area contributed by atoms with E-state index in [1.165, 1.54) is 11.3 Å².